The summed E-state index contributed by atoms with van der Waals surface area (Å²) in [5.74, 6) is -1.04. The second-order valence-electron chi connectivity index (χ2n) is 4.58. The molecule has 2 amide bonds. The van der Waals surface area contributed by atoms with Crippen molar-refractivity contribution in [1.29, 1.82) is 0 Å². The van der Waals surface area contributed by atoms with E-state index < -0.39 is 5.97 Å². The molecule has 2 rings (SSSR count). The topological polar surface area (TPSA) is 78.4 Å². The highest BCUT2D eigenvalue weighted by atomic mass is 79.9. The van der Waals surface area contributed by atoms with Gasteiger partial charge in [0.1, 0.15) is 0 Å². The van der Waals surface area contributed by atoms with Gasteiger partial charge in [0.05, 0.1) is 5.56 Å². The Morgan fingerprint density at radius 3 is 2.75 bits per heavy atom. The van der Waals surface area contributed by atoms with Crippen LogP contribution in [-0.2, 0) is 0 Å². The zero-order valence-corrected chi connectivity index (χ0v) is 12.3. The van der Waals surface area contributed by atoms with E-state index in [0.29, 0.717) is 10.2 Å². The van der Waals surface area contributed by atoms with Crippen molar-refractivity contribution in [3.63, 3.8) is 0 Å². The fraction of sp³-hybridized carbons (Fsp3) is 0.286. The van der Waals surface area contributed by atoms with Crippen LogP contribution in [0.4, 0.5) is 10.5 Å². The molecule has 0 fully saturated rings. The molecule has 6 heteroatoms. The summed E-state index contributed by atoms with van der Waals surface area (Å²) < 4.78 is 0.480. The number of halogens is 1. The molecule has 1 aliphatic carbocycles. The lowest BCUT2D eigenvalue weighted by Crippen LogP contribution is -2.38. The Hall–Kier alpha value is -1.82. The standard InChI is InChI=1S/C14H15BrN2O3/c15-12-7-6-10(8-11(12)13(18)19)17-14(20)16-9-4-2-1-3-5-9/h1-2,6-9H,3-5H2,(H,18,19)(H2,16,17,20). The van der Waals surface area contributed by atoms with Crippen molar-refractivity contribution < 1.29 is 14.7 Å². The number of benzene rings is 1. The first-order chi connectivity index (χ1) is 9.56. The highest BCUT2D eigenvalue weighted by Gasteiger charge is 2.14. The first-order valence-corrected chi connectivity index (χ1v) is 7.11. The van der Waals surface area contributed by atoms with Gasteiger partial charge in [-0.3, -0.25) is 0 Å². The molecular weight excluding hydrogens is 324 g/mol. The molecule has 0 aromatic heterocycles. The number of carboxylic acid groups (broad SMARTS) is 1. The fourth-order valence-electron chi connectivity index (χ4n) is 2.04. The maximum Gasteiger partial charge on any atom is 0.336 e. The number of carboxylic acids is 1. The average molecular weight is 339 g/mol. The Bertz CT molecular complexity index is 557. The number of allylic oxidation sites excluding steroid dienone is 1. The SMILES string of the molecule is O=C(Nc1ccc(Br)c(C(=O)O)c1)NC1CC=CCC1. The van der Waals surface area contributed by atoms with Gasteiger partial charge in [-0.15, -0.1) is 0 Å². The van der Waals surface area contributed by atoms with Crippen LogP contribution in [-0.4, -0.2) is 23.1 Å². The smallest absolute Gasteiger partial charge is 0.336 e. The summed E-state index contributed by atoms with van der Waals surface area (Å²) >= 11 is 3.16. The summed E-state index contributed by atoms with van der Waals surface area (Å²) in [6.07, 6.45) is 6.87. The molecule has 20 heavy (non-hydrogen) atoms. The third-order valence-corrected chi connectivity index (χ3v) is 3.75. The van der Waals surface area contributed by atoms with Gasteiger partial charge in [-0.25, -0.2) is 9.59 Å². The number of nitrogens with one attached hydrogen (secondary N) is 2. The number of aromatic carboxylic acids is 1. The molecule has 0 saturated heterocycles. The predicted octanol–water partition coefficient (Wildman–Crippen LogP) is 3.38. The molecular formula is C14H15BrN2O3. The minimum absolute atomic E-state index is 0.114. The molecule has 0 bridgehead atoms. The summed E-state index contributed by atoms with van der Waals surface area (Å²) in [5, 5.41) is 14.5. The highest BCUT2D eigenvalue weighted by molar-refractivity contribution is 9.10. The van der Waals surface area contributed by atoms with Crippen LogP contribution in [0.2, 0.25) is 0 Å². The lowest BCUT2D eigenvalue weighted by atomic mass is 10.0. The van der Waals surface area contributed by atoms with Crippen LogP contribution >= 0.6 is 15.9 Å². The van der Waals surface area contributed by atoms with Gasteiger partial charge in [-0.05, 0) is 53.4 Å². The van der Waals surface area contributed by atoms with Crippen molar-refractivity contribution in [3.05, 3.63) is 40.4 Å². The second-order valence-corrected chi connectivity index (χ2v) is 5.43. The average Bonchev–Trinajstić information content (AvgIpc) is 2.41. The van der Waals surface area contributed by atoms with Gasteiger partial charge in [-0.1, -0.05) is 12.2 Å². The van der Waals surface area contributed by atoms with E-state index in [1.165, 1.54) is 6.07 Å². The largest absolute Gasteiger partial charge is 0.478 e. The summed E-state index contributed by atoms with van der Waals surface area (Å²) in [6, 6.07) is 4.49. The zero-order valence-electron chi connectivity index (χ0n) is 10.7. The molecule has 0 radical (unpaired) electrons. The molecule has 0 spiro atoms. The second kappa shape index (κ2) is 6.56. The third-order valence-electron chi connectivity index (χ3n) is 3.06. The predicted molar refractivity (Wildman–Crippen MR) is 80.0 cm³/mol. The molecule has 1 aromatic carbocycles. The van der Waals surface area contributed by atoms with Crippen LogP contribution in [0.3, 0.4) is 0 Å². The van der Waals surface area contributed by atoms with Gasteiger partial charge in [0.25, 0.3) is 0 Å². The van der Waals surface area contributed by atoms with Crippen molar-refractivity contribution in [3.8, 4) is 0 Å². The van der Waals surface area contributed by atoms with Crippen LogP contribution < -0.4 is 10.6 Å². The van der Waals surface area contributed by atoms with E-state index in [2.05, 4.69) is 38.7 Å². The Morgan fingerprint density at radius 1 is 1.30 bits per heavy atom. The number of carbonyl (C=O) groups is 2. The van der Waals surface area contributed by atoms with Crippen molar-refractivity contribution in [2.75, 3.05) is 5.32 Å². The van der Waals surface area contributed by atoms with Crippen molar-refractivity contribution in [2.45, 2.75) is 25.3 Å². The molecule has 1 aromatic rings. The molecule has 5 nitrogen and oxygen atoms in total. The molecule has 1 aliphatic rings. The van der Waals surface area contributed by atoms with Crippen molar-refractivity contribution in [1.82, 2.24) is 5.32 Å². The summed E-state index contributed by atoms with van der Waals surface area (Å²) in [7, 11) is 0. The quantitative estimate of drug-likeness (QED) is 0.739. The Labute approximate surface area is 125 Å². The van der Waals surface area contributed by atoms with Crippen LogP contribution in [0.15, 0.2) is 34.8 Å². The van der Waals surface area contributed by atoms with E-state index in [1.807, 2.05) is 0 Å². The minimum Gasteiger partial charge on any atom is -0.478 e. The summed E-state index contributed by atoms with van der Waals surface area (Å²) in [6.45, 7) is 0. The normalized spacial score (nSPS) is 17.6. The number of hydrogen-bond acceptors (Lipinski definition) is 2. The highest BCUT2D eigenvalue weighted by Crippen LogP contribution is 2.21. The maximum absolute atomic E-state index is 11.8. The van der Waals surface area contributed by atoms with E-state index in [0.717, 1.165) is 19.3 Å². The molecule has 0 saturated carbocycles. The number of hydrogen-bond donors (Lipinski definition) is 3. The van der Waals surface area contributed by atoms with Crippen LogP contribution in [0.1, 0.15) is 29.6 Å². The van der Waals surface area contributed by atoms with Crippen molar-refractivity contribution in [2.24, 2.45) is 0 Å². The molecule has 1 unspecified atom stereocenters. The fourth-order valence-corrected chi connectivity index (χ4v) is 2.46. The molecule has 3 N–H and O–H groups in total. The lowest BCUT2D eigenvalue weighted by Gasteiger charge is -2.19. The third kappa shape index (κ3) is 3.84. The van der Waals surface area contributed by atoms with Crippen LogP contribution in [0, 0.1) is 0 Å². The Kier molecular flexibility index (Phi) is 4.79. The van der Waals surface area contributed by atoms with Crippen LogP contribution in [0.5, 0.6) is 0 Å². The first kappa shape index (κ1) is 14.6. The van der Waals surface area contributed by atoms with Gasteiger partial charge >= 0.3 is 12.0 Å². The Balaban J connectivity index is 1.98. The van der Waals surface area contributed by atoms with E-state index in [-0.39, 0.29) is 17.6 Å². The number of anilines is 1. The van der Waals surface area contributed by atoms with Gasteiger partial charge < -0.3 is 15.7 Å². The number of rotatable bonds is 3. The first-order valence-electron chi connectivity index (χ1n) is 6.31. The van der Waals surface area contributed by atoms with Crippen LogP contribution in [0.25, 0.3) is 0 Å². The van der Waals surface area contributed by atoms with Gasteiger partial charge in [0.15, 0.2) is 0 Å². The van der Waals surface area contributed by atoms with E-state index in [1.54, 1.807) is 12.1 Å². The monoisotopic (exact) mass is 338 g/mol. The van der Waals surface area contributed by atoms with E-state index in [4.69, 9.17) is 5.11 Å². The summed E-state index contributed by atoms with van der Waals surface area (Å²) in [5.41, 5.74) is 0.567. The number of urea groups is 1. The maximum atomic E-state index is 11.8. The molecule has 0 aliphatic heterocycles. The van der Waals surface area contributed by atoms with Gasteiger partial charge in [-0.2, -0.15) is 0 Å². The van der Waals surface area contributed by atoms with Crippen molar-refractivity contribution >= 4 is 33.6 Å². The van der Waals surface area contributed by atoms with E-state index in [9.17, 15) is 9.59 Å². The van der Waals surface area contributed by atoms with Gasteiger partial charge in [0.2, 0.25) is 0 Å². The zero-order chi connectivity index (χ0) is 14.5. The lowest BCUT2D eigenvalue weighted by molar-refractivity contribution is 0.0696. The molecule has 106 valence electrons. The summed E-state index contributed by atoms with van der Waals surface area (Å²) in [4.78, 5) is 22.9. The van der Waals surface area contributed by atoms with E-state index >= 15 is 0 Å². The number of amides is 2. The Morgan fingerprint density at radius 2 is 2.10 bits per heavy atom. The minimum atomic E-state index is -1.04. The number of carbonyl (C=O) groups excluding carboxylic acids is 1. The van der Waals surface area contributed by atoms with Gasteiger partial charge in [0, 0.05) is 16.2 Å². The molecule has 0 heterocycles. The molecule has 1 atom stereocenters.